The molecule has 0 radical (unpaired) electrons. The van der Waals surface area contributed by atoms with Gasteiger partial charge in [-0.1, -0.05) is 55.0 Å². The van der Waals surface area contributed by atoms with Gasteiger partial charge in [0.05, 0.1) is 37.6 Å². The molecule has 1 N–H and O–H groups in total. The van der Waals surface area contributed by atoms with Gasteiger partial charge in [-0.25, -0.2) is 4.79 Å². The number of hydrogen-bond donors (Lipinski definition) is 1. The minimum absolute atomic E-state index is 0.00540. The third-order valence-electron chi connectivity index (χ3n) is 9.63. The van der Waals surface area contributed by atoms with Gasteiger partial charge in [0.25, 0.3) is 0 Å². The van der Waals surface area contributed by atoms with Crippen LogP contribution in [0.1, 0.15) is 44.6 Å². The number of fused-ring (bicyclic) bond motifs is 3. The molecule has 0 amide bonds. The van der Waals surface area contributed by atoms with E-state index in [9.17, 15) is 14.7 Å². The van der Waals surface area contributed by atoms with E-state index in [-0.39, 0.29) is 40.3 Å². The molecule has 1 heterocycles. The second-order valence-corrected chi connectivity index (χ2v) is 14.7. The van der Waals surface area contributed by atoms with Crippen LogP contribution in [0.5, 0.6) is 0 Å². The molecule has 3 aliphatic carbocycles. The van der Waals surface area contributed by atoms with Gasteiger partial charge in [-0.2, -0.15) is 0 Å². The van der Waals surface area contributed by atoms with Gasteiger partial charge >= 0.3 is 11.9 Å². The summed E-state index contributed by atoms with van der Waals surface area (Å²) in [6.45, 7) is 2.76. The average Bonchev–Trinajstić information content (AvgIpc) is 3.40. The van der Waals surface area contributed by atoms with Crippen molar-refractivity contribution in [3.8, 4) is 0 Å². The lowest BCUT2D eigenvalue weighted by Gasteiger charge is -2.60. The van der Waals surface area contributed by atoms with E-state index >= 15 is 0 Å². The van der Waals surface area contributed by atoms with Crippen molar-refractivity contribution in [2.45, 2.75) is 55.8 Å². The topological polar surface area (TPSA) is 82.1 Å². The number of rotatable bonds is 7. The van der Waals surface area contributed by atoms with Crippen molar-refractivity contribution in [1.82, 2.24) is 0 Å². The Kier molecular flexibility index (Phi) is 8.58. The van der Waals surface area contributed by atoms with E-state index < -0.39 is 23.5 Å². The normalized spacial score (nSPS) is 35.2. The first-order valence-electron chi connectivity index (χ1n) is 13.9. The molecule has 0 bridgehead atoms. The molecule has 1 spiro atoms. The third kappa shape index (κ3) is 5.34. The molecule has 0 unspecified atom stereocenters. The van der Waals surface area contributed by atoms with E-state index in [2.05, 4.69) is 36.5 Å². The van der Waals surface area contributed by atoms with Crippen molar-refractivity contribution < 1.29 is 28.9 Å². The van der Waals surface area contributed by atoms with E-state index in [1.54, 1.807) is 0 Å². The molecule has 39 heavy (non-hydrogen) atoms. The van der Waals surface area contributed by atoms with Crippen molar-refractivity contribution in [2.75, 3.05) is 32.3 Å². The highest BCUT2D eigenvalue weighted by atomic mass is 32.2. The van der Waals surface area contributed by atoms with Crippen LogP contribution in [0.2, 0.25) is 0 Å². The summed E-state index contributed by atoms with van der Waals surface area (Å²) in [4.78, 5) is 25.9. The highest BCUT2D eigenvalue weighted by molar-refractivity contribution is 8.21. The van der Waals surface area contributed by atoms with Gasteiger partial charge in [-0.05, 0) is 60.8 Å². The van der Waals surface area contributed by atoms with Crippen molar-refractivity contribution in [3.05, 3.63) is 59.7 Å². The molecule has 1 aliphatic heterocycles. The van der Waals surface area contributed by atoms with Crippen molar-refractivity contribution >= 4 is 35.5 Å². The molecule has 8 heteroatoms. The molecule has 0 aromatic heterocycles. The van der Waals surface area contributed by atoms with Gasteiger partial charge in [0.15, 0.2) is 0 Å². The van der Waals surface area contributed by atoms with E-state index in [4.69, 9.17) is 14.2 Å². The summed E-state index contributed by atoms with van der Waals surface area (Å²) in [5.74, 6) is 1.15. The summed E-state index contributed by atoms with van der Waals surface area (Å²) >= 11 is 4.12. The average molecular weight is 573 g/mol. The van der Waals surface area contributed by atoms with Crippen LogP contribution in [0.3, 0.4) is 0 Å². The first-order chi connectivity index (χ1) is 18.8. The Morgan fingerprint density at radius 2 is 1.85 bits per heavy atom. The summed E-state index contributed by atoms with van der Waals surface area (Å²) in [6, 6.07) is 9.83. The third-order valence-corrected chi connectivity index (χ3v) is 13.0. The standard InChI is InChI=1S/C31H40O6S2/c1-29-13-14-31(38-15-16-39-31)17-22(29)9-10-23-24(11-12-26(33)35-2)30(28(34)36-3,18-25(32)27(23)29)20-37-19-21-7-5-4-6-8-21/h4-8,11-12,17,23-25,27,32H,9-10,13-16,18-20H2,1-3H3/b12-11+/t23-,24-,25-,27+,29-,30+/m0/s1. The molecular weight excluding hydrogens is 532 g/mol. The van der Waals surface area contributed by atoms with Crippen LogP contribution in [0, 0.1) is 28.6 Å². The Morgan fingerprint density at radius 3 is 2.54 bits per heavy atom. The fraction of sp³-hybridized carbons (Fsp3) is 0.613. The summed E-state index contributed by atoms with van der Waals surface area (Å²) in [5, 5.41) is 11.9. The van der Waals surface area contributed by atoms with Crippen LogP contribution in [0.25, 0.3) is 0 Å². The van der Waals surface area contributed by atoms with E-state index in [0.717, 1.165) is 31.2 Å². The van der Waals surface area contributed by atoms with Crippen LogP contribution in [-0.2, 0) is 30.4 Å². The molecule has 212 valence electrons. The van der Waals surface area contributed by atoms with Gasteiger partial charge in [-0.15, -0.1) is 23.5 Å². The molecule has 6 nitrogen and oxygen atoms in total. The smallest absolute Gasteiger partial charge is 0.330 e. The Hall–Kier alpha value is -1.74. The lowest BCUT2D eigenvalue weighted by Crippen LogP contribution is -2.60. The fourth-order valence-electron chi connectivity index (χ4n) is 7.81. The maximum atomic E-state index is 13.6. The number of methoxy groups -OCH3 is 2. The van der Waals surface area contributed by atoms with Crippen LogP contribution in [-0.4, -0.2) is 59.6 Å². The van der Waals surface area contributed by atoms with Crippen LogP contribution in [0.15, 0.2) is 54.1 Å². The molecule has 1 aromatic carbocycles. The summed E-state index contributed by atoms with van der Waals surface area (Å²) in [5.41, 5.74) is 1.20. The van der Waals surface area contributed by atoms with Crippen LogP contribution >= 0.6 is 23.5 Å². The molecule has 2 saturated carbocycles. The molecule has 1 aromatic rings. The largest absolute Gasteiger partial charge is 0.469 e. The molecular formula is C31H40O6S2. The number of benzene rings is 1. The van der Waals surface area contributed by atoms with E-state index in [1.807, 2.05) is 36.4 Å². The second-order valence-electron chi connectivity index (χ2n) is 11.6. The quantitative estimate of drug-likeness (QED) is 0.264. The first kappa shape index (κ1) is 28.8. The van der Waals surface area contributed by atoms with E-state index in [0.29, 0.717) is 6.61 Å². The second kappa shape index (κ2) is 11.6. The summed E-state index contributed by atoms with van der Waals surface area (Å²) in [6.07, 6.45) is 9.19. The monoisotopic (exact) mass is 572 g/mol. The molecule has 3 fully saturated rings. The number of aliphatic hydroxyl groups is 1. The molecule has 4 aliphatic rings. The van der Waals surface area contributed by atoms with Crippen molar-refractivity contribution in [1.29, 1.82) is 0 Å². The highest BCUT2D eigenvalue weighted by Gasteiger charge is 2.63. The fourth-order valence-corrected chi connectivity index (χ4v) is 10.9. The number of thioether (sulfide) groups is 2. The SMILES string of the molecule is COC(=O)/C=C/[C@H]1[C@@H]2CCC3=CC4(CC[C@]3(C)[C@H]2[C@@H](O)C[C@]1(COCc1ccccc1)C(=O)OC)SCCS4. The maximum absolute atomic E-state index is 13.6. The van der Waals surface area contributed by atoms with Gasteiger partial charge in [0, 0.05) is 17.6 Å². The predicted octanol–water partition coefficient (Wildman–Crippen LogP) is 5.40. The number of allylic oxidation sites excluding steroid dienone is 2. The number of esters is 2. The Morgan fingerprint density at radius 1 is 1.10 bits per heavy atom. The lowest BCUT2D eigenvalue weighted by molar-refractivity contribution is -0.185. The summed E-state index contributed by atoms with van der Waals surface area (Å²) in [7, 11) is 2.74. The number of aliphatic hydroxyl groups excluding tert-OH is 1. The number of carbonyl (C=O) groups is 2. The van der Waals surface area contributed by atoms with Gasteiger partial charge in [0.2, 0.25) is 0 Å². The summed E-state index contributed by atoms with van der Waals surface area (Å²) < 4.78 is 16.7. The number of hydrogen-bond acceptors (Lipinski definition) is 8. The molecule has 5 rings (SSSR count). The molecule has 6 atom stereocenters. The van der Waals surface area contributed by atoms with Crippen LogP contribution in [0.4, 0.5) is 0 Å². The lowest BCUT2D eigenvalue weighted by atomic mass is 9.45. The number of ether oxygens (including phenoxy) is 3. The Labute approximate surface area is 240 Å². The van der Waals surface area contributed by atoms with E-state index in [1.165, 1.54) is 37.4 Å². The predicted molar refractivity (Wildman–Crippen MR) is 155 cm³/mol. The van der Waals surface area contributed by atoms with Gasteiger partial charge in [0.1, 0.15) is 5.41 Å². The van der Waals surface area contributed by atoms with Crippen molar-refractivity contribution in [2.24, 2.45) is 28.6 Å². The Bertz CT molecular complexity index is 1110. The zero-order valence-corrected chi connectivity index (χ0v) is 24.7. The van der Waals surface area contributed by atoms with Gasteiger partial charge < -0.3 is 19.3 Å². The van der Waals surface area contributed by atoms with Crippen molar-refractivity contribution in [3.63, 3.8) is 0 Å². The van der Waals surface area contributed by atoms with Gasteiger partial charge in [-0.3, -0.25) is 4.79 Å². The zero-order valence-electron chi connectivity index (χ0n) is 23.1. The minimum Gasteiger partial charge on any atom is -0.469 e. The highest BCUT2D eigenvalue weighted by Crippen LogP contribution is 2.65. The van der Waals surface area contributed by atoms with Crippen LogP contribution < -0.4 is 0 Å². The Balaban J connectivity index is 1.50. The maximum Gasteiger partial charge on any atom is 0.330 e. The minimum atomic E-state index is -1.11. The molecule has 1 saturated heterocycles. The number of carbonyl (C=O) groups excluding carboxylic acids is 2. The zero-order chi connectivity index (χ0) is 27.7. The first-order valence-corrected chi connectivity index (χ1v) is 15.9.